The average Bonchev–Trinajstić information content (AvgIpc) is 2.76. The lowest BCUT2D eigenvalue weighted by molar-refractivity contribution is -0.133. The van der Waals surface area contributed by atoms with Gasteiger partial charge in [0.25, 0.3) is 0 Å². The molecule has 2 N–H and O–H groups in total. The molecule has 0 saturated carbocycles. The lowest BCUT2D eigenvalue weighted by Crippen LogP contribution is -2.32. The lowest BCUT2D eigenvalue weighted by atomic mass is 10.1. The van der Waals surface area contributed by atoms with E-state index in [9.17, 15) is 19.2 Å². The maximum atomic E-state index is 11.7. The van der Waals surface area contributed by atoms with Gasteiger partial charge in [-0.1, -0.05) is 49.5 Å². The third kappa shape index (κ3) is 13.0. The molecule has 0 spiro atoms. The summed E-state index contributed by atoms with van der Waals surface area (Å²) in [6.07, 6.45) is 5.67. The van der Waals surface area contributed by atoms with Crippen LogP contribution >= 0.6 is 0 Å². The molecular weight excluding hydrogens is 346 g/mol. The number of nitrogens with one attached hydrogen (secondary N) is 2. The lowest BCUT2D eigenvalue weighted by Gasteiger charge is -2.19. The van der Waals surface area contributed by atoms with E-state index in [1.165, 1.54) is 12.8 Å². The second-order valence-corrected chi connectivity index (χ2v) is 5.99. The number of hydrogen-bond acceptors (Lipinski definition) is 4. The van der Waals surface area contributed by atoms with Gasteiger partial charge in [0.05, 0.1) is 0 Å². The molecule has 0 aromatic rings. The molecule has 2 aliphatic rings. The fraction of sp³-hybridized carbons (Fsp3) is 0.800. The molecule has 2 saturated heterocycles. The van der Waals surface area contributed by atoms with E-state index in [4.69, 9.17) is 0 Å². The molecule has 0 aromatic heterocycles. The first-order chi connectivity index (χ1) is 10.9. The Balaban J connectivity index is -0.000000192. The first kappa shape index (κ1) is 32.7. The summed E-state index contributed by atoms with van der Waals surface area (Å²) in [6.45, 7) is 3.47. The van der Waals surface area contributed by atoms with E-state index in [-0.39, 0.29) is 59.3 Å². The zero-order chi connectivity index (χ0) is 17.2. The number of likely N-dealkylation sites (tertiary alicyclic amines) is 1. The number of amides is 4. The molecule has 27 heavy (non-hydrogen) atoms. The van der Waals surface area contributed by atoms with Gasteiger partial charge in [-0.2, -0.15) is 0 Å². The van der Waals surface area contributed by atoms with Crippen LogP contribution in [0.5, 0.6) is 0 Å². The predicted octanol–water partition coefficient (Wildman–Crippen LogP) is 3.13. The van der Waals surface area contributed by atoms with E-state index in [0.717, 1.165) is 25.9 Å². The van der Waals surface area contributed by atoms with Crippen LogP contribution in [0.15, 0.2) is 0 Å². The van der Waals surface area contributed by atoms with Crippen molar-refractivity contribution in [1.82, 2.24) is 15.5 Å². The SMILES string of the molecule is C.C.C.C.CC1CC(=O)NC1=O.CNC(=O)CCC(=O)N1CCCCCC1. The number of nitrogens with zero attached hydrogens (tertiary/aromatic N) is 1. The zero-order valence-electron chi connectivity index (χ0n) is 14.0. The van der Waals surface area contributed by atoms with Gasteiger partial charge in [-0.05, 0) is 12.8 Å². The Hall–Kier alpha value is -1.92. The highest BCUT2D eigenvalue weighted by molar-refractivity contribution is 6.03. The monoisotopic (exact) mass is 389 g/mol. The first-order valence-corrected chi connectivity index (χ1v) is 8.26. The molecule has 2 fully saturated rings. The Morgan fingerprint density at radius 3 is 1.85 bits per heavy atom. The van der Waals surface area contributed by atoms with Crippen molar-refractivity contribution in [2.75, 3.05) is 20.1 Å². The van der Waals surface area contributed by atoms with Crippen molar-refractivity contribution in [3.8, 4) is 0 Å². The van der Waals surface area contributed by atoms with Gasteiger partial charge in [0.1, 0.15) is 0 Å². The quantitative estimate of drug-likeness (QED) is 0.725. The minimum atomic E-state index is -0.150. The van der Waals surface area contributed by atoms with E-state index in [0.29, 0.717) is 19.3 Å². The maximum Gasteiger partial charge on any atom is 0.229 e. The standard InChI is InChI=1S/C11H20N2O2.C5H7NO2.4CH4/c1-12-10(14)6-7-11(15)13-8-4-2-3-5-9-13;1-3-2-4(7)6-5(3)8;;;;/h2-9H2,1H3,(H,12,14);3H,2H2,1H3,(H,6,7,8);4*1H4. The summed E-state index contributed by atoms with van der Waals surface area (Å²) in [5.74, 6) is -0.335. The Morgan fingerprint density at radius 1 is 1.00 bits per heavy atom. The van der Waals surface area contributed by atoms with Crippen molar-refractivity contribution in [3.63, 3.8) is 0 Å². The Labute approximate surface area is 166 Å². The number of rotatable bonds is 3. The molecule has 0 aromatic carbocycles. The average molecular weight is 390 g/mol. The number of hydrogen-bond donors (Lipinski definition) is 2. The normalized spacial score (nSPS) is 17.9. The molecule has 2 rings (SSSR count). The first-order valence-electron chi connectivity index (χ1n) is 8.26. The third-order valence-electron chi connectivity index (χ3n) is 4.01. The smallest absolute Gasteiger partial charge is 0.229 e. The van der Waals surface area contributed by atoms with Crippen LogP contribution in [0.3, 0.4) is 0 Å². The Bertz CT molecular complexity index is 445. The number of imide groups is 1. The topological polar surface area (TPSA) is 95.6 Å². The molecule has 2 heterocycles. The van der Waals surface area contributed by atoms with E-state index in [1.807, 2.05) is 4.90 Å². The van der Waals surface area contributed by atoms with Gasteiger partial charge in [-0.15, -0.1) is 0 Å². The predicted molar refractivity (Wildman–Crippen MR) is 112 cm³/mol. The summed E-state index contributed by atoms with van der Waals surface area (Å²) in [5.41, 5.74) is 0. The van der Waals surface area contributed by atoms with E-state index >= 15 is 0 Å². The van der Waals surface area contributed by atoms with Gasteiger partial charge in [0.2, 0.25) is 23.6 Å². The Morgan fingerprint density at radius 2 is 1.52 bits per heavy atom. The minimum Gasteiger partial charge on any atom is -0.359 e. The summed E-state index contributed by atoms with van der Waals surface area (Å²) < 4.78 is 0. The van der Waals surface area contributed by atoms with Crippen LogP contribution < -0.4 is 10.6 Å². The highest BCUT2D eigenvalue weighted by Gasteiger charge is 2.25. The third-order valence-corrected chi connectivity index (χ3v) is 4.01. The zero-order valence-corrected chi connectivity index (χ0v) is 14.0. The minimum absolute atomic E-state index is 0. The van der Waals surface area contributed by atoms with Crippen LogP contribution in [-0.4, -0.2) is 48.7 Å². The molecule has 0 radical (unpaired) electrons. The van der Waals surface area contributed by atoms with E-state index in [2.05, 4.69) is 10.6 Å². The van der Waals surface area contributed by atoms with Gasteiger partial charge >= 0.3 is 0 Å². The molecule has 1 atom stereocenters. The van der Waals surface area contributed by atoms with E-state index in [1.54, 1.807) is 14.0 Å². The molecule has 0 bridgehead atoms. The van der Waals surface area contributed by atoms with Crippen LogP contribution in [-0.2, 0) is 19.2 Å². The molecule has 4 amide bonds. The van der Waals surface area contributed by atoms with Crippen LogP contribution in [0.4, 0.5) is 0 Å². The maximum absolute atomic E-state index is 11.7. The fourth-order valence-corrected chi connectivity index (χ4v) is 2.51. The largest absolute Gasteiger partial charge is 0.359 e. The number of carbonyl (C=O) groups is 4. The Kier molecular flexibility index (Phi) is 21.2. The highest BCUT2D eigenvalue weighted by Crippen LogP contribution is 2.11. The second kappa shape index (κ2) is 17.5. The molecule has 7 nitrogen and oxygen atoms in total. The van der Waals surface area contributed by atoms with Gasteiger partial charge < -0.3 is 10.2 Å². The summed E-state index contributed by atoms with van der Waals surface area (Å²) in [7, 11) is 1.60. The summed E-state index contributed by atoms with van der Waals surface area (Å²) >= 11 is 0. The summed E-state index contributed by atoms with van der Waals surface area (Å²) in [6, 6.07) is 0. The van der Waals surface area contributed by atoms with Crippen LogP contribution in [0.1, 0.15) is 81.6 Å². The van der Waals surface area contributed by atoms with Gasteiger partial charge in [0, 0.05) is 45.3 Å². The molecule has 7 heteroatoms. The molecule has 162 valence electrons. The molecule has 0 aliphatic carbocycles. The summed E-state index contributed by atoms with van der Waals surface area (Å²) in [4.78, 5) is 45.4. The van der Waals surface area contributed by atoms with Crippen molar-refractivity contribution >= 4 is 23.6 Å². The molecular formula is C20H43N3O4. The fourth-order valence-electron chi connectivity index (χ4n) is 2.51. The van der Waals surface area contributed by atoms with Crippen molar-refractivity contribution in [2.45, 2.75) is 81.6 Å². The highest BCUT2D eigenvalue weighted by atomic mass is 16.2. The second-order valence-electron chi connectivity index (χ2n) is 5.99. The van der Waals surface area contributed by atoms with Crippen LogP contribution in [0, 0.1) is 5.92 Å². The summed E-state index contributed by atoms with van der Waals surface area (Å²) in [5, 5.41) is 4.71. The van der Waals surface area contributed by atoms with E-state index < -0.39 is 0 Å². The van der Waals surface area contributed by atoms with Crippen LogP contribution in [0.25, 0.3) is 0 Å². The van der Waals surface area contributed by atoms with Crippen molar-refractivity contribution < 1.29 is 19.2 Å². The molecule has 1 unspecified atom stereocenters. The van der Waals surface area contributed by atoms with Gasteiger partial charge in [0.15, 0.2) is 0 Å². The van der Waals surface area contributed by atoms with Gasteiger partial charge in [-0.3, -0.25) is 24.5 Å². The van der Waals surface area contributed by atoms with Crippen molar-refractivity contribution in [3.05, 3.63) is 0 Å². The number of carbonyl (C=O) groups excluding carboxylic acids is 4. The van der Waals surface area contributed by atoms with Crippen molar-refractivity contribution in [1.29, 1.82) is 0 Å². The van der Waals surface area contributed by atoms with Crippen molar-refractivity contribution in [2.24, 2.45) is 5.92 Å². The molecule has 2 aliphatic heterocycles. The van der Waals surface area contributed by atoms with Crippen LogP contribution in [0.2, 0.25) is 0 Å². The van der Waals surface area contributed by atoms with Gasteiger partial charge in [-0.25, -0.2) is 0 Å².